The fraction of sp³-hybridized carbons (Fsp3) is 0.385. The Bertz CT molecular complexity index is 531. The summed E-state index contributed by atoms with van der Waals surface area (Å²) in [6.45, 7) is 2.96. The Hall–Kier alpha value is -1.50. The van der Waals surface area contributed by atoms with Crippen LogP contribution < -0.4 is 5.32 Å². The number of benzene rings is 1. The Balaban J connectivity index is 1.98. The summed E-state index contributed by atoms with van der Waals surface area (Å²) < 4.78 is 4.80. The Morgan fingerprint density at radius 3 is 2.81 bits per heavy atom. The first-order chi connectivity index (χ1) is 10.1. The van der Waals surface area contributed by atoms with Gasteiger partial charge >= 0.3 is 5.97 Å². The molecule has 0 spiro atoms. The summed E-state index contributed by atoms with van der Waals surface area (Å²) in [6, 6.07) is 5.19. The molecule has 1 aliphatic rings. The van der Waals surface area contributed by atoms with E-state index in [1.165, 1.54) is 5.06 Å². The van der Waals surface area contributed by atoms with E-state index in [1.807, 2.05) is 0 Å². The second-order valence-corrected chi connectivity index (χ2v) is 4.92. The molecule has 2 rings (SSSR count). The minimum atomic E-state index is -0.431. The predicted molar refractivity (Wildman–Crippen MR) is 81.7 cm³/mol. The molecule has 0 amide bonds. The third kappa shape index (κ3) is 4.23. The number of hydrogen-bond donors (Lipinski definition) is 1. The predicted octanol–water partition coefficient (Wildman–Crippen LogP) is 2.57. The Morgan fingerprint density at radius 2 is 2.14 bits per heavy atom. The van der Waals surface area contributed by atoms with Crippen LogP contribution in [0.1, 0.15) is 6.92 Å². The lowest BCUT2D eigenvalue weighted by Crippen LogP contribution is -2.35. The summed E-state index contributed by atoms with van der Waals surface area (Å²) >= 11 is 12.2. The molecule has 1 aliphatic heterocycles. The van der Waals surface area contributed by atoms with E-state index in [0.717, 1.165) is 0 Å². The number of aliphatic imine (C=N–C) groups is 1. The molecule has 114 valence electrons. The van der Waals surface area contributed by atoms with E-state index in [1.54, 1.807) is 25.1 Å². The van der Waals surface area contributed by atoms with E-state index < -0.39 is 5.97 Å². The molecule has 0 atom stereocenters. The number of para-hydroxylation sites is 1. The van der Waals surface area contributed by atoms with Crippen molar-refractivity contribution in [1.82, 2.24) is 5.06 Å². The van der Waals surface area contributed by atoms with Crippen molar-refractivity contribution in [1.29, 1.82) is 0 Å². The first-order valence-electron chi connectivity index (χ1n) is 6.43. The van der Waals surface area contributed by atoms with Crippen LogP contribution in [0.2, 0.25) is 10.0 Å². The van der Waals surface area contributed by atoms with Gasteiger partial charge in [0.2, 0.25) is 5.96 Å². The molecule has 1 N–H and O–H groups in total. The zero-order valence-corrected chi connectivity index (χ0v) is 12.9. The average Bonchev–Trinajstić information content (AvgIpc) is 2.88. The van der Waals surface area contributed by atoms with Gasteiger partial charge < -0.3 is 10.1 Å². The standard InChI is InChI=1S/C13H15Cl2N3O3/c1-2-20-11(19)8-21-18-7-6-16-13(18)17-12-9(14)4-3-5-10(12)15/h3-5H,2,6-8H2,1H3,(H,16,17). The van der Waals surface area contributed by atoms with Crippen molar-refractivity contribution in [2.24, 2.45) is 4.99 Å². The number of esters is 1. The number of guanidine groups is 1. The second-order valence-electron chi connectivity index (χ2n) is 4.11. The van der Waals surface area contributed by atoms with Crippen LogP contribution >= 0.6 is 23.2 Å². The van der Waals surface area contributed by atoms with Crippen LogP contribution in [-0.2, 0) is 14.4 Å². The molecule has 8 heteroatoms. The van der Waals surface area contributed by atoms with Gasteiger partial charge in [-0.15, -0.1) is 0 Å². The highest BCUT2D eigenvalue weighted by atomic mass is 35.5. The van der Waals surface area contributed by atoms with Gasteiger partial charge in [0.25, 0.3) is 0 Å². The molecular formula is C13H15Cl2N3O3. The van der Waals surface area contributed by atoms with E-state index in [-0.39, 0.29) is 6.61 Å². The maximum absolute atomic E-state index is 11.3. The maximum Gasteiger partial charge on any atom is 0.334 e. The lowest BCUT2D eigenvalue weighted by atomic mass is 10.3. The van der Waals surface area contributed by atoms with Crippen LogP contribution in [0, 0.1) is 0 Å². The van der Waals surface area contributed by atoms with E-state index in [9.17, 15) is 4.79 Å². The number of hydroxylamine groups is 2. The van der Waals surface area contributed by atoms with Crippen molar-refractivity contribution in [2.75, 3.05) is 31.6 Å². The molecule has 0 radical (unpaired) electrons. The van der Waals surface area contributed by atoms with Crippen LogP contribution in [0.3, 0.4) is 0 Å². The molecule has 0 saturated heterocycles. The summed E-state index contributed by atoms with van der Waals surface area (Å²) in [5.41, 5.74) is 0.547. The average molecular weight is 332 g/mol. The van der Waals surface area contributed by atoms with E-state index >= 15 is 0 Å². The minimum Gasteiger partial charge on any atom is -0.464 e. The van der Waals surface area contributed by atoms with Gasteiger partial charge in [-0.25, -0.2) is 14.9 Å². The fourth-order valence-corrected chi connectivity index (χ4v) is 2.21. The summed E-state index contributed by atoms with van der Waals surface area (Å²) in [6.07, 6.45) is 0. The normalized spacial score (nSPS) is 14.0. The van der Waals surface area contributed by atoms with Crippen LogP contribution in [-0.4, -0.2) is 43.3 Å². The van der Waals surface area contributed by atoms with Gasteiger partial charge in [-0.05, 0) is 19.1 Å². The molecular weight excluding hydrogens is 317 g/mol. The van der Waals surface area contributed by atoms with Gasteiger partial charge in [-0.3, -0.25) is 4.84 Å². The van der Waals surface area contributed by atoms with E-state index in [0.29, 0.717) is 41.4 Å². The van der Waals surface area contributed by atoms with Crippen LogP contribution in [0.4, 0.5) is 5.69 Å². The molecule has 1 aromatic carbocycles. The van der Waals surface area contributed by atoms with Crippen molar-refractivity contribution in [3.8, 4) is 0 Å². The van der Waals surface area contributed by atoms with Crippen LogP contribution in [0.15, 0.2) is 23.2 Å². The van der Waals surface area contributed by atoms with Gasteiger partial charge in [0.05, 0.1) is 35.4 Å². The summed E-state index contributed by atoms with van der Waals surface area (Å²) in [4.78, 5) is 20.9. The summed E-state index contributed by atoms with van der Waals surface area (Å²) in [5, 5.41) is 5.45. The molecule has 1 aromatic rings. The smallest absolute Gasteiger partial charge is 0.334 e. The highest BCUT2D eigenvalue weighted by Crippen LogP contribution is 2.30. The first-order valence-corrected chi connectivity index (χ1v) is 7.19. The Morgan fingerprint density at radius 1 is 1.43 bits per heavy atom. The Kier molecular flexibility index (Phi) is 5.67. The summed E-state index contributed by atoms with van der Waals surface area (Å²) in [5.74, 6) is 0.0221. The topological polar surface area (TPSA) is 63.2 Å². The first kappa shape index (κ1) is 15.9. The molecule has 6 nitrogen and oxygen atoms in total. The molecule has 0 aromatic heterocycles. The van der Waals surface area contributed by atoms with Crippen molar-refractivity contribution in [3.05, 3.63) is 28.2 Å². The molecule has 0 bridgehead atoms. The third-order valence-electron chi connectivity index (χ3n) is 2.64. The van der Waals surface area contributed by atoms with Crippen LogP contribution in [0.25, 0.3) is 0 Å². The van der Waals surface area contributed by atoms with Gasteiger partial charge in [-0.2, -0.15) is 0 Å². The van der Waals surface area contributed by atoms with Gasteiger partial charge in [0.1, 0.15) is 0 Å². The SMILES string of the molecule is CCOC(=O)CON1CCN=C1Nc1c(Cl)cccc1Cl. The second kappa shape index (κ2) is 7.49. The molecule has 1 heterocycles. The number of carbonyl (C=O) groups is 1. The maximum atomic E-state index is 11.3. The highest BCUT2D eigenvalue weighted by molar-refractivity contribution is 6.39. The van der Waals surface area contributed by atoms with E-state index in [2.05, 4.69) is 10.3 Å². The molecule has 0 aliphatic carbocycles. The number of nitrogens with one attached hydrogen (secondary N) is 1. The fourth-order valence-electron chi connectivity index (χ4n) is 1.72. The van der Waals surface area contributed by atoms with Crippen molar-refractivity contribution in [2.45, 2.75) is 6.92 Å². The summed E-state index contributed by atoms with van der Waals surface area (Å²) in [7, 11) is 0. The highest BCUT2D eigenvalue weighted by Gasteiger charge is 2.21. The van der Waals surface area contributed by atoms with Crippen molar-refractivity contribution < 1.29 is 14.4 Å². The quantitative estimate of drug-likeness (QED) is 0.840. The number of ether oxygens (including phenoxy) is 1. The Labute approximate surface area is 132 Å². The van der Waals surface area contributed by atoms with E-state index in [4.69, 9.17) is 32.8 Å². The lowest BCUT2D eigenvalue weighted by Gasteiger charge is -2.20. The molecule has 0 unspecified atom stereocenters. The number of nitrogens with zero attached hydrogens (tertiary/aromatic N) is 2. The largest absolute Gasteiger partial charge is 0.464 e. The molecule has 21 heavy (non-hydrogen) atoms. The van der Waals surface area contributed by atoms with Crippen molar-refractivity contribution in [3.63, 3.8) is 0 Å². The third-order valence-corrected chi connectivity index (χ3v) is 3.27. The van der Waals surface area contributed by atoms with Gasteiger partial charge in [0, 0.05) is 0 Å². The number of halogens is 2. The van der Waals surface area contributed by atoms with Crippen molar-refractivity contribution >= 4 is 40.8 Å². The monoisotopic (exact) mass is 331 g/mol. The molecule has 0 fully saturated rings. The number of anilines is 1. The molecule has 0 saturated carbocycles. The number of rotatable bonds is 5. The number of hydrogen-bond acceptors (Lipinski definition) is 6. The lowest BCUT2D eigenvalue weighted by molar-refractivity contribution is -0.163. The zero-order valence-electron chi connectivity index (χ0n) is 11.4. The van der Waals surface area contributed by atoms with Gasteiger partial charge in [0.15, 0.2) is 6.61 Å². The van der Waals surface area contributed by atoms with Crippen LogP contribution in [0.5, 0.6) is 0 Å². The number of carbonyl (C=O) groups excluding carboxylic acids is 1. The zero-order chi connectivity index (χ0) is 15.2. The minimum absolute atomic E-state index is 0.176. The van der Waals surface area contributed by atoms with Gasteiger partial charge in [-0.1, -0.05) is 29.3 Å².